The summed E-state index contributed by atoms with van der Waals surface area (Å²) in [5.74, 6) is 0.795. The lowest BCUT2D eigenvalue weighted by molar-refractivity contribution is 0.279. The molecule has 0 aliphatic heterocycles. The fourth-order valence-corrected chi connectivity index (χ4v) is 1.84. The highest BCUT2D eigenvalue weighted by atomic mass is 79.9. The highest BCUT2D eigenvalue weighted by Gasteiger charge is 2.11. The first-order chi connectivity index (χ1) is 7.19. The number of halogens is 2. The molecule has 5 heteroatoms. The predicted octanol–water partition coefficient (Wildman–Crippen LogP) is 2.65. The summed E-state index contributed by atoms with van der Waals surface area (Å²) in [5.41, 5.74) is 6.99. The molecule has 3 N–H and O–H groups in total. The zero-order valence-corrected chi connectivity index (χ0v) is 11.6. The third kappa shape index (κ3) is 4.29. The van der Waals surface area contributed by atoms with E-state index in [2.05, 4.69) is 15.9 Å². The molecule has 1 atom stereocenters. The van der Waals surface area contributed by atoms with Crippen molar-refractivity contribution in [3.63, 3.8) is 0 Å². The molecule has 1 aromatic rings. The van der Waals surface area contributed by atoms with Crippen molar-refractivity contribution >= 4 is 28.3 Å². The summed E-state index contributed by atoms with van der Waals surface area (Å²) in [6, 6.07) is 5.67. The summed E-state index contributed by atoms with van der Waals surface area (Å²) in [5, 5.41) is 8.75. The molecule has 1 rings (SSSR count). The van der Waals surface area contributed by atoms with Gasteiger partial charge in [0.25, 0.3) is 0 Å². The number of nitrogens with two attached hydrogens (primary N) is 1. The lowest BCUT2D eigenvalue weighted by atomic mass is 10.0. The summed E-state index contributed by atoms with van der Waals surface area (Å²) in [6.07, 6.45) is 1.46. The number of rotatable bonds is 5. The molecule has 0 saturated carbocycles. The van der Waals surface area contributed by atoms with Gasteiger partial charge in [-0.2, -0.15) is 0 Å². The predicted molar refractivity (Wildman–Crippen MR) is 71.2 cm³/mol. The molecule has 0 radical (unpaired) electrons. The average molecular weight is 311 g/mol. The third-order valence-corrected chi connectivity index (χ3v) is 2.76. The van der Waals surface area contributed by atoms with Crippen molar-refractivity contribution in [2.45, 2.75) is 18.9 Å². The zero-order chi connectivity index (χ0) is 11.3. The topological polar surface area (TPSA) is 55.5 Å². The summed E-state index contributed by atoms with van der Waals surface area (Å²) < 4.78 is 6.22. The molecule has 0 heterocycles. The van der Waals surface area contributed by atoms with Crippen molar-refractivity contribution in [3.05, 3.63) is 28.2 Å². The standard InChI is InChI=1S/C11H16BrNO2.ClH/c1-15-11-5-4-8(12)7-9(11)10(13)3-2-6-14;/h4-5,7,10,14H,2-3,6,13H2,1H3;1H/t10-;/m1./s1. The molecule has 0 aromatic heterocycles. The molecule has 0 aliphatic rings. The first-order valence-corrected chi connectivity index (χ1v) is 5.68. The minimum absolute atomic E-state index is 0. The van der Waals surface area contributed by atoms with E-state index in [9.17, 15) is 0 Å². The van der Waals surface area contributed by atoms with Crippen LogP contribution in [0.15, 0.2) is 22.7 Å². The Labute approximate surface area is 111 Å². The fraction of sp³-hybridized carbons (Fsp3) is 0.455. The van der Waals surface area contributed by atoms with E-state index in [1.807, 2.05) is 18.2 Å². The van der Waals surface area contributed by atoms with Crippen LogP contribution in [0.25, 0.3) is 0 Å². The SMILES string of the molecule is COc1ccc(Br)cc1[C@H](N)CCCO.Cl. The minimum atomic E-state index is -0.0930. The van der Waals surface area contributed by atoms with Crippen LogP contribution in [-0.2, 0) is 0 Å². The maximum Gasteiger partial charge on any atom is 0.123 e. The highest BCUT2D eigenvalue weighted by molar-refractivity contribution is 9.10. The van der Waals surface area contributed by atoms with E-state index in [0.717, 1.165) is 22.2 Å². The second-order valence-electron chi connectivity index (χ2n) is 3.36. The molecule has 16 heavy (non-hydrogen) atoms. The molecule has 0 saturated heterocycles. The van der Waals surface area contributed by atoms with Gasteiger partial charge in [-0.3, -0.25) is 0 Å². The first-order valence-electron chi connectivity index (χ1n) is 4.89. The van der Waals surface area contributed by atoms with E-state index in [0.29, 0.717) is 6.42 Å². The molecule has 0 spiro atoms. The van der Waals surface area contributed by atoms with Gasteiger partial charge in [0.15, 0.2) is 0 Å². The molecule has 0 unspecified atom stereocenters. The largest absolute Gasteiger partial charge is 0.496 e. The van der Waals surface area contributed by atoms with Crippen molar-refractivity contribution in [1.29, 1.82) is 0 Å². The van der Waals surface area contributed by atoms with Crippen molar-refractivity contribution in [2.24, 2.45) is 5.73 Å². The Morgan fingerprint density at radius 2 is 2.19 bits per heavy atom. The zero-order valence-electron chi connectivity index (χ0n) is 9.15. The van der Waals surface area contributed by atoms with E-state index in [4.69, 9.17) is 15.6 Å². The number of aliphatic hydroxyl groups is 1. The van der Waals surface area contributed by atoms with Crippen molar-refractivity contribution in [2.75, 3.05) is 13.7 Å². The summed E-state index contributed by atoms with van der Waals surface area (Å²) >= 11 is 3.40. The second kappa shape index (κ2) is 7.90. The normalized spacial score (nSPS) is 11.8. The van der Waals surface area contributed by atoms with Gasteiger partial charge in [0.2, 0.25) is 0 Å². The molecular formula is C11H17BrClNO2. The van der Waals surface area contributed by atoms with Gasteiger partial charge in [-0.05, 0) is 31.0 Å². The van der Waals surface area contributed by atoms with Gasteiger partial charge in [-0.25, -0.2) is 0 Å². The lowest BCUT2D eigenvalue weighted by Crippen LogP contribution is -2.12. The number of ether oxygens (including phenoxy) is 1. The number of aliphatic hydroxyl groups excluding tert-OH is 1. The molecule has 3 nitrogen and oxygen atoms in total. The monoisotopic (exact) mass is 309 g/mol. The highest BCUT2D eigenvalue weighted by Crippen LogP contribution is 2.29. The number of methoxy groups -OCH3 is 1. The van der Waals surface area contributed by atoms with Crippen LogP contribution in [-0.4, -0.2) is 18.8 Å². The van der Waals surface area contributed by atoms with E-state index in [1.54, 1.807) is 7.11 Å². The quantitative estimate of drug-likeness (QED) is 0.879. The van der Waals surface area contributed by atoms with Crippen LogP contribution in [0.3, 0.4) is 0 Å². The second-order valence-corrected chi connectivity index (χ2v) is 4.27. The molecule has 92 valence electrons. The Bertz CT molecular complexity index is 323. The Kier molecular flexibility index (Phi) is 7.76. The van der Waals surface area contributed by atoms with Crippen LogP contribution >= 0.6 is 28.3 Å². The smallest absolute Gasteiger partial charge is 0.123 e. The third-order valence-electron chi connectivity index (χ3n) is 2.26. The van der Waals surface area contributed by atoms with Gasteiger partial charge in [0, 0.05) is 22.7 Å². The van der Waals surface area contributed by atoms with Crippen LogP contribution in [0.5, 0.6) is 5.75 Å². The summed E-state index contributed by atoms with van der Waals surface area (Å²) in [6.45, 7) is 0.171. The Morgan fingerprint density at radius 3 is 2.75 bits per heavy atom. The van der Waals surface area contributed by atoms with E-state index in [1.165, 1.54) is 0 Å². The average Bonchev–Trinajstić information content (AvgIpc) is 2.25. The number of hydrogen-bond acceptors (Lipinski definition) is 3. The lowest BCUT2D eigenvalue weighted by Gasteiger charge is -2.15. The number of benzene rings is 1. The maximum atomic E-state index is 8.75. The van der Waals surface area contributed by atoms with Crippen LogP contribution in [0.2, 0.25) is 0 Å². The van der Waals surface area contributed by atoms with Crippen LogP contribution in [0, 0.1) is 0 Å². The fourth-order valence-electron chi connectivity index (χ4n) is 1.46. The molecule has 0 bridgehead atoms. The van der Waals surface area contributed by atoms with E-state index < -0.39 is 0 Å². The summed E-state index contributed by atoms with van der Waals surface area (Å²) in [7, 11) is 1.63. The Balaban J connectivity index is 0.00000225. The van der Waals surface area contributed by atoms with Gasteiger partial charge in [-0.1, -0.05) is 15.9 Å². The van der Waals surface area contributed by atoms with Crippen LogP contribution in [0.1, 0.15) is 24.4 Å². The van der Waals surface area contributed by atoms with Crippen LogP contribution in [0.4, 0.5) is 0 Å². The Morgan fingerprint density at radius 1 is 1.50 bits per heavy atom. The minimum Gasteiger partial charge on any atom is -0.496 e. The molecule has 1 aromatic carbocycles. The number of hydrogen-bond donors (Lipinski definition) is 2. The first kappa shape index (κ1) is 15.7. The van der Waals surface area contributed by atoms with Crippen molar-refractivity contribution in [3.8, 4) is 5.75 Å². The van der Waals surface area contributed by atoms with Gasteiger partial charge in [-0.15, -0.1) is 12.4 Å². The maximum absolute atomic E-state index is 8.75. The molecule has 0 aliphatic carbocycles. The Hall–Kier alpha value is -0.290. The molecule has 0 amide bonds. The van der Waals surface area contributed by atoms with Gasteiger partial charge < -0.3 is 15.6 Å². The molecular weight excluding hydrogens is 293 g/mol. The van der Waals surface area contributed by atoms with Crippen molar-refractivity contribution in [1.82, 2.24) is 0 Å². The van der Waals surface area contributed by atoms with Gasteiger partial charge >= 0.3 is 0 Å². The van der Waals surface area contributed by atoms with E-state index in [-0.39, 0.29) is 25.1 Å². The van der Waals surface area contributed by atoms with Gasteiger partial charge in [0.1, 0.15) is 5.75 Å². The van der Waals surface area contributed by atoms with Crippen molar-refractivity contribution < 1.29 is 9.84 Å². The van der Waals surface area contributed by atoms with E-state index >= 15 is 0 Å². The van der Waals surface area contributed by atoms with Gasteiger partial charge in [0.05, 0.1) is 7.11 Å². The van der Waals surface area contributed by atoms with Crippen LogP contribution < -0.4 is 10.5 Å². The molecule has 0 fully saturated rings. The summed E-state index contributed by atoms with van der Waals surface area (Å²) in [4.78, 5) is 0.